The summed E-state index contributed by atoms with van der Waals surface area (Å²) in [4.78, 5) is 30.2. The SMILES string of the molecule is COc1ccc(OC(=O)c2cc(-c3ccc(C)s3)nc3onc(C)c23)c([N+](=O)[O-])c1. The summed E-state index contributed by atoms with van der Waals surface area (Å²) in [5, 5.41) is 15.7. The number of aryl methyl sites for hydroxylation is 2. The molecule has 0 radical (unpaired) electrons. The van der Waals surface area contributed by atoms with Crippen molar-refractivity contribution in [3.8, 4) is 22.1 Å². The lowest BCUT2D eigenvalue weighted by atomic mass is 10.1. The van der Waals surface area contributed by atoms with Crippen molar-refractivity contribution >= 4 is 34.1 Å². The van der Waals surface area contributed by atoms with Crippen LogP contribution in [0.4, 0.5) is 5.69 Å². The highest BCUT2D eigenvalue weighted by molar-refractivity contribution is 7.15. The molecule has 9 nitrogen and oxygen atoms in total. The van der Waals surface area contributed by atoms with Crippen LogP contribution in [0.2, 0.25) is 0 Å². The Morgan fingerprint density at radius 2 is 2.00 bits per heavy atom. The van der Waals surface area contributed by atoms with Crippen LogP contribution in [0, 0.1) is 24.0 Å². The Hall–Kier alpha value is -3.79. The fraction of sp³-hybridized carbons (Fsp3) is 0.150. The first-order valence-corrected chi connectivity index (χ1v) is 9.57. The van der Waals surface area contributed by atoms with Gasteiger partial charge in [-0.05, 0) is 44.2 Å². The Morgan fingerprint density at radius 1 is 1.20 bits per heavy atom. The largest absolute Gasteiger partial charge is 0.496 e. The second-order valence-corrected chi connectivity index (χ2v) is 7.68. The summed E-state index contributed by atoms with van der Waals surface area (Å²) in [6.45, 7) is 3.64. The number of methoxy groups -OCH3 is 1. The molecule has 0 amide bonds. The number of pyridine rings is 1. The Bertz CT molecular complexity index is 1290. The quantitative estimate of drug-likeness (QED) is 0.195. The van der Waals surface area contributed by atoms with E-state index >= 15 is 0 Å². The number of nitro groups is 1. The molecule has 4 rings (SSSR count). The normalized spacial score (nSPS) is 10.9. The number of nitrogens with zero attached hydrogens (tertiary/aromatic N) is 3. The molecule has 0 fully saturated rings. The van der Waals surface area contributed by atoms with Gasteiger partial charge < -0.3 is 14.0 Å². The first-order valence-electron chi connectivity index (χ1n) is 8.76. The first-order chi connectivity index (χ1) is 14.4. The number of carbonyl (C=O) groups excluding carboxylic acids is 1. The maximum Gasteiger partial charge on any atom is 0.344 e. The molecule has 0 saturated heterocycles. The van der Waals surface area contributed by atoms with Gasteiger partial charge in [0.25, 0.3) is 5.71 Å². The zero-order valence-electron chi connectivity index (χ0n) is 16.2. The first kappa shape index (κ1) is 19.5. The average Bonchev–Trinajstić information content (AvgIpc) is 3.33. The molecular formula is C20H15N3O6S. The number of hydrogen-bond donors (Lipinski definition) is 0. The van der Waals surface area contributed by atoms with E-state index in [2.05, 4.69) is 10.1 Å². The molecule has 10 heteroatoms. The van der Waals surface area contributed by atoms with E-state index in [1.165, 1.54) is 36.6 Å². The minimum absolute atomic E-state index is 0.157. The molecule has 3 aromatic heterocycles. The van der Waals surface area contributed by atoms with Crippen molar-refractivity contribution in [3.63, 3.8) is 0 Å². The van der Waals surface area contributed by atoms with Crippen LogP contribution < -0.4 is 9.47 Å². The molecule has 0 aliphatic heterocycles. The Balaban J connectivity index is 1.80. The predicted molar refractivity (Wildman–Crippen MR) is 109 cm³/mol. The van der Waals surface area contributed by atoms with Gasteiger partial charge in [-0.15, -0.1) is 11.3 Å². The number of nitro benzene ring substituents is 1. The average molecular weight is 425 g/mol. The molecule has 152 valence electrons. The van der Waals surface area contributed by atoms with E-state index in [9.17, 15) is 14.9 Å². The number of hydrogen-bond acceptors (Lipinski definition) is 9. The number of benzene rings is 1. The highest BCUT2D eigenvalue weighted by Crippen LogP contribution is 2.34. The van der Waals surface area contributed by atoms with E-state index in [0.717, 1.165) is 9.75 Å². The molecule has 0 unspecified atom stereocenters. The Morgan fingerprint density at radius 3 is 2.67 bits per heavy atom. The van der Waals surface area contributed by atoms with E-state index in [4.69, 9.17) is 14.0 Å². The summed E-state index contributed by atoms with van der Waals surface area (Å²) >= 11 is 1.51. The maximum absolute atomic E-state index is 13.0. The van der Waals surface area contributed by atoms with Crippen molar-refractivity contribution in [1.82, 2.24) is 10.1 Å². The molecule has 3 heterocycles. The number of ether oxygens (including phenoxy) is 2. The van der Waals surface area contributed by atoms with Gasteiger partial charge in [-0.2, -0.15) is 0 Å². The van der Waals surface area contributed by atoms with Gasteiger partial charge in [0.1, 0.15) is 5.75 Å². The highest BCUT2D eigenvalue weighted by atomic mass is 32.1. The lowest BCUT2D eigenvalue weighted by Crippen LogP contribution is -2.11. The van der Waals surface area contributed by atoms with Crippen LogP contribution in [0.5, 0.6) is 11.5 Å². The molecule has 0 bridgehead atoms. The third kappa shape index (κ3) is 3.48. The van der Waals surface area contributed by atoms with E-state index in [1.54, 1.807) is 13.0 Å². The van der Waals surface area contributed by atoms with Gasteiger partial charge in [0.15, 0.2) is 0 Å². The van der Waals surface area contributed by atoms with Gasteiger partial charge in [0.05, 0.1) is 45.3 Å². The number of thiophene rings is 1. The Labute approximate surface area is 174 Å². The number of fused-ring (bicyclic) bond motifs is 1. The number of esters is 1. The van der Waals surface area contributed by atoms with Crippen LogP contribution >= 0.6 is 11.3 Å². The Kier molecular flexibility index (Phi) is 4.92. The summed E-state index contributed by atoms with van der Waals surface area (Å²) in [5.74, 6) is -0.701. The van der Waals surface area contributed by atoms with Crippen molar-refractivity contribution in [2.75, 3.05) is 7.11 Å². The van der Waals surface area contributed by atoms with Gasteiger partial charge in [-0.3, -0.25) is 10.1 Å². The second kappa shape index (κ2) is 7.56. The van der Waals surface area contributed by atoms with Gasteiger partial charge in [-0.25, -0.2) is 9.78 Å². The predicted octanol–water partition coefficient (Wildman–Crippen LogP) is 4.70. The molecule has 0 atom stereocenters. The smallest absolute Gasteiger partial charge is 0.344 e. The lowest BCUT2D eigenvalue weighted by Gasteiger charge is -2.08. The standard InChI is InChI=1S/C20H15N3O6S/c1-10-4-7-17(30-10)14-9-13(18-11(2)22-29-19(18)21-14)20(24)28-16-6-5-12(27-3)8-15(16)23(25)26/h4-9H,1-3H3. The van der Waals surface area contributed by atoms with Gasteiger partial charge in [0, 0.05) is 4.88 Å². The molecule has 0 saturated carbocycles. The van der Waals surface area contributed by atoms with Gasteiger partial charge >= 0.3 is 11.7 Å². The molecule has 0 N–H and O–H groups in total. The second-order valence-electron chi connectivity index (χ2n) is 6.39. The third-order valence-corrected chi connectivity index (χ3v) is 5.42. The summed E-state index contributed by atoms with van der Waals surface area (Å²) < 4.78 is 15.7. The maximum atomic E-state index is 13.0. The molecule has 30 heavy (non-hydrogen) atoms. The minimum Gasteiger partial charge on any atom is -0.496 e. The van der Waals surface area contributed by atoms with Crippen molar-refractivity contribution in [3.05, 3.63) is 62.6 Å². The van der Waals surface area contributed by atoms with Crippen LogP contribution in [0.3, 0.4) is 0 Å². The molecule has 0 spiro atoms. The van der Waals surface area contributed by atoms with E-state index < -0.39 is 10.9 Å². The van der Waals surface area contributed by atoms with Gasteiger partial charge in [0.2, 0.25) is 5.75 Å². The van der Waals surface area contributed by atoms with Gasteiger partial charge in [-0.1, -0.05) is 5.16 Å². The highest BCUT2D eigenvalue weighted by Gasteiger charge is 2.25. The number of carbonyl (C=O) groups is 1. The van der Waals surface area contributed by atoms with Crippen LogP contribution in [0.15, 0.2) is 40.9 Å². The van der Waals surface area contributed by atoms with Crippen molar-refractivity contribution in [2.24, 2.45) is 0 Å². The third-order valence-electron chi connectivity index (χ3n) is 4.40. The summed E-state index contributed by atoms with van der Waals surface area (Å²) in [5.41, 5.74) is 0.941. The number of aromatic nitrogens is 2. The van der Waals surface area contributed by atoms with E-state index in [0.29, 0.717) is 16.8 Å². The summed E-state index contributed by atoms with van der Waals surface area (Å²) in [6, 6.07) is 9.39. The van der Waals surface area contributed by atoms with Crippen LogP contribution in [0.25, 0.3) is 21.7 Å². The van der Waals surface area contributed by atoms with Crippen molar-refractivity contribution in [2.45, 2.75) is 13.8 Å². The number of rotatable bonds is 5. The van der Waals surface area contributed by atoms with Crippen molar-refractivity contribution in [1.29, 1.82) is 0 Å². The molecule has 0 aliphatic rings. The monoisotopic (exact) mass is 425 g/mol. The zero-order chi connectivity index (χ0) is 21.4. The van der Waals surface area contributed by atoms with Crippen LogP contribution in [-0.2, 0) is 0 Å². The summed E-state index contributed by atoms with van der Waals surface area (Å²) in [7, 11) is 1.39. The summed E-state index contributed by atoms with van der Waals surface area (Å²) in [6.07, 6.45) is 0. The fourth-order valence-electron chi connectivity index (χ4n) is 2.96. The lowest BCUT2D eigenvalue weighted by molar-refractivity contribution is -0.385. The molecule has 4 aromatic rings. The van der Waals surface area contributed by atoms with E-state index in [1.807, 2.05) is 19.1 Å². The van der Waals surface area contributed by atoms with Crippen molar-refractivity contribution < 1.29 is 23.7 Å². The topological polar surface area (TPSA) is 118 Å². The zero-order valence-corrected chi connectivity index (χ0v) is 17.0. The molecular weight excluding hydrogens is 410 g/mol. The minimum atomic E-state index is -0.781. The molecule has 1 aromatic carbocycles. The fourth-order valence-corrected chi connectivity index (χ4v) is 3.79. The molecule has 0 aliphatic carbocycles. The van der Waals surface area contributed by atoms with Crippen LogP contribution in [0.1, 0.15) is 20.9 Å². The van der Waals surface area contributed by atoms with E-state index in [-0.39, 0.29) is 28.5 Å². The van der Waals surface area contributed by atoms with Crippen LogP contribution in [-0.4, -0.2) is 28.1 Å².